The van der Waals surface area contributed by atoms with Crippen LogP contribution < -0.4 is 0 Å². The van der Waals surface area contributed by atoms with Crippen LogP contribution >= 0.6 is 11.5 Å². The molecule has 0 saturated heterocycles. The van der Waals surface area contributed by atoms with Gasteiger partial charge in [0.25, 0.3) is 0 Å². The van der Waals surface area contributed by atoms with Crippen molar-refractivity contribution in [3.63, 3.8) is 0 Å². The summed E-state index contributed by atoms with van der Waals surface area (Å²) in [5.74, 6) is -0.644. The van der Waals surface area contributed by atoms with Crippen LogP contribution in [0.2, 0.25) is 0 Å². The van der Waals surface area contributed by atoms with Gasteiger partial charge in [0, 0.05) is 4.88 Å². The number of nitrogens with zero attached hydrogens (tertiary/aromatic N) is 1. The normalized spacial score (nSPS) is 18.5. The first-order valence-corrected chi connectivity index (χ1v) is 5.12. The highest BCUT2D eigenvalue weighted by Gasteiger charge is 2.38. The Kier molecular flexibility index (Phi) is 2.07. The van der Waals surface area contributed by atoms with Crippen molar-refractivity contribution in [2.45, 2.75) is 25.7 Å². The Hall–Kier alpha value is -0.900. The molecule has 1 atom stereocenters. The van der Waals surface area contributed by atoms with Gasteiger partial charge >= 0.3 is 5.97 Å². The second-order valence-electron chi connectivity index (χ2n) is 3.52. The maximum atomic E-state index is 11.0. The van der Waals surface area contributed by atoms with E-state index in [-0.39, 0.29) is 5.92 Å². The lowest BCUT2D eigenvalue weighted by Gasteiger charge is -2.06. The van der Waals surface area contributed by atoms with E-state index in [9.17, 15) is 4.79 Å². The van der Waals surface area contributed by atoms with Crippen molar-refractivity contribution in [1.29, 1.82) is 0 Å². The molecule has 1 unspecified atom stereocenters. The molecule has 0 amide bonds. The van der Waals surface area contributed by atoms with Crippen molar-refractivity contribution < 1.29 is 9.90 Å². The zero-order valence-electron chi connectivity index (χ0n) is 7.36. The summed E-state index contributed by atoms with van der Waals surface area (Å²) in [6.07, 6.45) is 2.10. The number of hydrogen-bond acceptors (Lipinski definition) is 3. The van der Waals surface area contributed by atoms with Crippen LogP contribution in [0.3, 0.4) is 0 Å². The third-order valence-electron chi connectivity index (χ3n) is 2.31. The van der Waals surface area contributed by atoms with Gasteiger partial charge in [0.1, 0.15) is 0 Å². The quantitative estimate of drug-likeness (QED) is 0.806. The van der Waals surface area contributed by atoms with Crippen LogP contribution in [0.25, 0.3) is 0 Å². The number of carbonyl (C=O) groups is 1. The van der Waals surface area contributed by atoms with E-state index in [0.29, 0.717) is 5.92 Å². The number of aromatic nitrogens is 1. The van der Waals surface area contributed by atoms with Crippen LogP contribution in [0, 0.1) is 12.8 Å². The van der Waals surface area contributed by atoms with Gasteiger partial charge in [0.05, 0.1) is 11.6 Å². The van der Waals surface area contributed by atoms with Crippen LogP contribution in [0.15, 0.2) is 6.07 Å². The topological polar surface area (TPSA) is 50.2 Å². The van der Waals surface area contributed by atoms with Crippen molar-refractivity contribution in [1.82, 2.24) is 4.37 Å². The van der Waals surface area contributed by atoms with Crippen molar-refractivity contribution in [2.24, 2.45) is 5.92 Å². The predicted molar refractivity (Wildman–Crippen MR) is 50.0 cm³/mol. The molecule has 1 aromatic rings. The monoisotopic (exact) mass is 197 g/mol. The largest absolute Gasteiger partial charge is 0.481 e. The Morgan fingerprint density at radius 1 is 1.77 bits per heavy atom. The molecule has 1 aliphatic carbocycles. The molecule has 1 fully saturated rings. The molecule has 1 N–H and O–H groups in total. The molecule has 1 aromatic heterocycles. The summed E-state index contributed by atoms with van der Waals surface area (Å²) in [6, 6.07) is 1.89. The Bertz CT molecular complexity index is 330. The lowest BCUT2D eigenvalue weighted by molar-refractivity contribution is -0.139. The van der Waals surface area contributed by atoms with Gasteiger partial charge in [0.2, 0.25) is 0 Å². The minimum absolute atomic E-state index is 0.300. The zero-order chi connectivity index (χ0) is 9.42. The van der Waals surface area contributed by atoms with Crippen LogP contribution in [-0.2, 0) is 4.79 Å². The van der Waals surface area contributed by atoms with Gasteiger partial charge in [-0.05, 0) is 43.3 Å². The minimum atomic E-state index is -0.703. The van der Waals surface area contributed by atoms with Gasteiger partial charge in [-0.15, -0.1) is 0 Å². The molecule has 70 valence electrons. The minimum Gasteiger partial charge on any atom is -0.481 e. The van der Waals surface area contributed by atoms with Crippen molar-refractivity contribution in [2.75, 3.05) is 0 Å². The molecular weight excluding hydrogens is 186 g/mol. The Balaban J connectivity index is 2.24. The van der Waals surface area contributed by atoms with E-state index in [2.05, 4.69) is 4.37 Å². The standard InChI is InChI=1S/C9H11NO2S/c1-5-4-7(13-10-5)8(9(11)12)6-2-3-6/h4,6,8H,2-3H2,1H3,(H,11,12). The first kappa shape index (κ1) is 8.69. The average molecular weight is 197 g/mol. The van der Waals surface area contributed by atoms with E-state index in [1.807, 2.05) is 13.0 Å². The molecule has 0 spiro atoms. The highest BCUT2D eigenvalue weighted by molar-refractivity contribution is 7.06. The molecule has 0 bridgehead atoms. The molecule has 4 heteroatoms. The Labute approximate surface area is 80.6 Å². The van der Waals surface area contributed by atoms with E-state index >= 15 is 0 Å². The van der Waals surface area contributed by atoms with E-state index in [0.717, 1.165) is 23.4 Å². The third kappa shape index (κ3) is 1.72. The summed E-state index contributed by atoms with van der Waals surface area (Å²) in [5, 5.41) is 9.03. The molecule has 0 aliphatic heterocycles. The fourth-order valence-electron chi connectivity index (χ4n) is 1.52. The average Bonchev–Trinajstić information content (AvgIpc) is 2.76. The van der Waals surface area contributed by atoms with E-state index < -0.39 is 5.97 Å². The Morgan fingerprint density at radius 3 is 2.85 bits per heavy atom. The molecule has 1 heterocycles. The molecule has 1 saturated carbocycles. The molecule has 3 nitrogen and oxygen atoms in total. The van der Waals surface area contributed by atoms with Gasteiger partial charge in [0.15, 0.2) is 0 Å². The second-order valence-corrected chi connectivity index (χ2v) is 4.36. The van der Waals surface area contributed by atoms with Crippen LogP contribution in [0.4, 0.5) is 0 Å². The molecule has 2 rings (SSSR count). The highest BCUT2D eigenvalue weighted by Crippen LogP contribution is 2.43. The van der Waals surface area contributed by atoms with Gasteiger partial charge in [-0.2, -0.15) is 4.37 Å². The Morgan fingerprint density at radius 2 is 2.46 bits per heavy atom. The third-order valence-corrected chi connectivity index (χ3v) is 3.27. The fraction of sp³-hybridized carbons (Fsp3) is 0.556. The number of rotatable bonds is 3. The van der Waals surface area contributed by atoms with Gasteiger partial charge in [-0.1, -0.05) is 0 Å². The van der Waals surface area contributed by atoms with Crippen molar-refractivity contribution in [3.8, 4) is 0 Å². The van der Waals surface area contributed by atoms with Gasteiger partial charge in [-0.3, -0.25) is 4.79 Å². The lowest BCUT2D eigenvalue weighted by Crippen LogP contribution is -2.12. The highest BCUT2D eigenvalue weighted by atomic mass is 32.1. The number of carboxylic acid groups (broad SMARTS) is 1. The molecule has 1 aliphatic rings. The molecule has 13 heavy (non-hydrogen) atoms. The maximum absolute atomic E-state index is 11.0. The summed E-state index contributed by atoms with van der Waals surface area (Å²) in [4.78, 5) is 11.9. The summed E-state index contributed by atoms with van der Waals surface area (Å²) in [7, 11) is 0. The first-order valence-electron chi connectivity index (χ1n) is 4.34. The molecule has 0 radical (unpaired) electrons. The summed E-state index contributed by atoms with van der Waals surface area (Å²) in [6.45, 7) is 1.89. The van der Waals surface area contributed by atoms with E-state index in [1.165, 1.54) is 11.5 Å². The second kappa shape index (κ2) is 3.10. The fourth-order valence-corrected chi connectivity index (χ4v) is 2.45. The number of hydrogen-bond donors (Lipinski definition) is 1. The summed E-state index contributed by atoms with van der Waals surface area (Å²) in [5.41, 5.74) is 0.923. The lowest BCUT2D eigenvalue weighted by atomic mass is 10.0. The van der Waals surface area contributed by atoms with Crippen molar-refractivity contribution >= 4 is 17.5 Å². The van der Waals surface area contributed by atoms with E-state index in [4.69, 9.17) is 5.11 Å². The summed E-state index contributed by atoms with van der Waals surface area (Å²) < 4.78 is 4.11. The molecule has 0 aromatic carbocycles. The smallest absolute Gasteiger partial charge is 0.312 e. The maximum Gasteiger partial charge on any atom is 0.312 e. The number of aryl methyl sites for hydroxylation is 1. The van der Waals surface area contributed by atoms with Crippen molar-refractivity contribution in [3.05, 3.63) is 16.6 Å². The molecular formula is C9H11NO2S. The van der Waals surface area contributed by atoms with Crippen LogP contribution in [-0.4, -0.2) is 15.4 Å². The first-order chi connectivity index (χ1) is 6.18. The van der Waals surface area contributed by atoms with E-state index in [1.54, 1.807) is 0 Å². The van der Waals surface area contributed by atoms with Gasteiger partial charge < -0.3 is 5.11 Å². The van der Waals surface area contributed by atoms with Crippen LogP contribution in [0.1, 0.15) is 29.3 Å². The SMILES string of the molecule is Cc1cc(C(C(=O)O)C2CC2)sn1. The number of carboxylic acids is 1. The number of aliphatic carboxylic acids is 1. The van der Waals surface area contributed by atoms with Gasteiger partial charge in [-0.25, -0.2) is 0 Å². The summed E-state index contributed by atoms with van der Waals surface area (Å²) >= 11 is 1.32. The van der Waals surface area contributed by atoms with Crippen LogP contribution in [0.5, 0.6) is 0 Å². The predicted octanol–water partition coefficient (Wildman–Crippen LogP) is 2.03. The zero-order valence-corrected chi connectivity index (χ0v) is 8.17.